The third-order valence-electron chi connectivity index (χ3n) is 2.93. The minimum absolute atomic E-state index is 0.594. The van der Waals surface area contributed by atoms with Crippen molar-refractivity contribution in [2.75, 3.05) is 5.73 Å². The summed E-state index contributed by atoms with van der Waals surface area (Å²) in [5.74, 6) is 0.594. The molecule has 1 aromatic rings. The first-order chi connectivity index (χ1) is 7.16. The van der Waals surface area contributed by atoms with Crippen molar-refractivity contribution < 1.29 is 0 Å². The van der Waals surface area contributed by atoms with E-state index in [2.05, 4.69) is 38.1 Å². The van der Waals surface area contributed by atoms with E-state index in [1.165, 1.54) is 16.7 Å². The molecule has 0 heterocycles. The van der Waals surface area contributed by atoms with Gasteiger partial charge in [-0.1, -0.05) is 36.8 Å². The third-order valence-corrected chi connectivity index (χ3v) is 2.93. The van der Waals surface area contributed by atoms with Crippen molar-refractivity contribution in [2.24, 2.45) is 5.92 Å². The van der Waals surface area contributed by atoms with Gasteiger partial charge >= 0.3 is 0 Å². The van der Waals surface area contributed by atoms with Crippen LogP contribution in [0.1, 0.15) is 25.8 Å². The minimum Gasteiger partial charge on any atom is -0.399 e. The van der Waals surface area contributed by atoms with Gasteiger partial charge in [-0.25, -0.2) is 0 Å². The average Bonchev–Trinajstić information content (AvgIpc) is 2.17. The van der Waals surface area contributed by atoms with Gasteiger partial charge in [0.25, 0.3) is 0 Å². The number of nitrogens with two attached hydrogens (primary N) is 1. The highest BCUT2D eigenvalue weighted by Crippen LogP contribution is 2.32. The first-order valence-electron chi connectivity index (χ1n) is 5.40. The summed E-state index contributed by atoms with van der Waals surface area (Å²) in [6, 6.07) is 8.13. The van der Waals surface area contributed by atoms with Crippen LogP contribution in [-0.4, -0.2) is 0 Å². The van der Waals surface area contributed by atoms with Crippen molar-refractivity contribution in [3.8, 4) is 0 Å². The highest BCUT2D eigenvalue weighted by Gasteiger charge is 2.14. The maximum atomic E-state index is 5.80. The second-order valence-electron chi connectivity index (χ2n) is 4.37. The van der Waals surface area contributed by atoms with Crippen LogP contribution in [0.5, 0.6) is 0 Å². The van der Waals surface area contributed by atoms with Crippen molar-refractivity contribution in [1.29, 1.82) is 0 Å². The molecule has 78 valence electrons. The zero-order chi connectivity index (χ0) is 10.8. The van der Waals surface area contributed by atoms with Gasteiger partial charge in [0.05, 0.1) is 0 Å². The van der Waals surface area contributed by atoms with E-state index in [4.69, 9.17) is 5.73 Å². The molecule has 1 nitrogen and oxygen atoms in total. The van der Waals surface area contributed by atoms with E-state index < -0.39 is 0 Å². The SMILES string of the molecule is CC1=CC=C(c2cccc(N)c2)C(C)C1. The normalized spacial score (nSPS) is 20.8. The zero-order valence-corrected chi connectivity index (χ0v) is 9.33. The van der Waals surface area contributed by atoms with Crippen LogP contribution in [0.15, 0.2) is 42.0 Å². The number of hydrogen-bond acceptors (Lipinski definition) is 1. The average molecular weight is 199 g/mol. The number of nitrogen functional groups attached to an aromatic ring is 1. The second-order valence-corrected chi connectivity index (χ2v) is 4.37. The summed E-state index contributed by atoms with van der Waals surface area (Å²) in [6.45, 7) is 4.45. The molecule has 2 N–H and O–H groups in total. The fraction of sp³-hybridized carbons (Fsp3) is 0.286. The fourth-order valence-electron chi connectivity index (χ4n) is 2.16. The van der Waals surface area contributed by atoms with Gasteiger partial charge < -0.3 is 5.73 Å². The van der Waals surface area contributed by atoms with Gasteiger partial charge in [-0.05, 0) is 42.5 Å². The van der Waals surface area contributed by atoms with Crippen LogP contribution in [0, 0.1) is 5.92 Å². The monoisotopic (exact) mass is 199 g/mol. The number of hydrogen-bond donors (Lipinski definition) is 1. The van der Waals surface area contributed by atoms with Gasteiger partial charge in [-0.3, -0.25) is 0 Å². The maximum Gasteiger partial charge on any atom is 0.0320 e. The molecular formula is C14H17N. The summed E-state index contributed by atoms with van der Waals surface area (Å²) in [5.41, 5.74) is 10.7. The maximum absolute atomic E-state index is 5.80. The molecule has 1 heteroatoms. The zero-order valence-electron chi connectivity index (χ0n) is 9.33. The summed E-state index contributed by atoms with van der Waals surface area (Å²) in [4.78, 5) is 0. The van der Waals surface area contributed by atoms with Crippen LogP contribution >= 0.6 is 0 Å². The van der Waals surface area contributed by atoms with E-state index in [9.17, 15) is 0 Å². The Kier molecular flexibility index (Phi) is 2.63. The Morgan fingerprint density at radius 1 is 1.27 bits per heavy atom. The molecule has 0 radical (unpaired) electrons. The predicted octanol–water partition coefficient (Wildman–Crippen LogP) is 3.64. The number of rotatable bonds is 1. The summed E-state index contributed by atoms with van der Waals surface area (Å²) in [7, 11) is 0. The Labute approximate surface area is 91.3 Å². The molecular weight excluding hydrogens is 182 g/mol. The Morgan fingerprint density at radius 2 is 2.07 bits per heavy atom. The molecule has 1 aliphatic rings. The van der Waals surface area contributed by atoms with Crippen LogP contribution in [0.3, 0.4) is 0 Å². The third kappa shape index (κ3) is 2.12. The lowest BCUT2D eigenvalue weighted by atomic mass is 9.85. The topological polar surface area (TPSA) is 26.0 Å². The van der Waals surface area contributed by atoms with Crippen LogP contribution in [0.25, 0.3) is 5.57 Å². The lowest BCUT2D eigenvalue weighted by Crippen LogP contribution is -2.03. The standard InChI is InChI=1S/C14H17N/c1-10-6-7-14(11(2)8-10)12-4-3-5-13(15)9-12/h3-7,9,11H,8,15H2,1-2H3. The second kappa shape index (κ2) is 3.93. The number of allylic oxidation sites excluding steroid dienone is 4. The van der Waals surface area contributed by atoms with Gasteiger partial charge in [-0.15, -0.1) is 0 Å². The lowest BCUT2D eigenvalue weighted by Gasteiger charge is -2.20. The molecule has 0 fully saturated rings. The quantitative estimate of drug-likeness (QED) is 0.686. The largest absolute Gasteiger partial charge is 0.399 e. The number of benzene rings is 1. The van der Waals surface area contributed by atoms with Crippen LogP contribution in [0.2, 0.25) is 0 Å². The van der Waals surface area contributed by atoms with E-state index in [1.54, 1.807) is 0 Å². The molecule has 0 amide bonds. The van der Waals surface area contributed by atoms with E-state index >= 15 is 0 Å². The Hall–Kier alpha value is -1.50. The lowest BCUT2D eigenvalue weighted by molar-refractivity contribution is 0.728. The van der Waals surface area contributed by atoms with Crippen LogP contribution in [-0.2, 0) is 0 Å². The molecule has 0 saturated carbocycles. The Balaban J connectivity index is 2.39. The van der Waals surface area contributed by atoms with E-state index in [0.29, 0.717) is 5.92 Å². The van der Waals surface area contributed by atoms with Crippen molar-refractivity contribution >= 4 is 11.3 Å². The van der Waals surface area contributed by atoms with E-state index in [0.717, 1.165) is 12.1 Å². The minimum atomic E-state index is 0.594. The fourth-order valence-corrected chi connectivity index (χ4v) is 2.16. The van der Waals surface area contributed by atoms with Gasteiger partial charge in [0, 0.05) is 5.69 Å². The van der Waals surface area contributed by atoms with Crippen LogP contribution in [0.4, 0.5) is 5.69 Å². The highest BCUT2D eigenvalue weighted by atomic mass is 14.5. The summed E-state index contributed by atoms with van der Waals surface area (Å²) >= 11 is 0. The molecule has 2 rings (SSSR count). The van der Waals surface area contributed by atoms with Crippen molar-refractivity contribution in [1.82, 2.24) is 0 Å². The van der Waals surface area contributed by atoms with E-state index in [1.807, 2.05) is 12.1 Å². The molecule has 0 saturated heterocycles. The summed E-state index contributed by atoms with van der Waals surface area (Å²) in [5, 5.41) is 0. The molecule has 15 heavy (non-hydrogen) atoms. The molecule has 1 atom stereocenters. The highest BCUT2D eigenvalue weighted by molar-refractivity contribution is 5.72. The smallest absolute Gasteiger partial charge is 0.0320 e. The summed E-state index contributed by atoms with van der Waals surface area (Å²) < 4.78 is 0. The van der Waals surface area contributed by atoms with E-state index in [-0.39, 0.29) is 0 Å². The molecule has 0 bridgehead atoms. The molecule has 1 unspecified atom stereocenters. The van der Waals surface area contributed by atoms with Crippen LogP contribution < -0.4 is 5.73 Å². The van der Waals surface area contributed by atoms with Crippen molar-refractivity contribution in [3.63, 3.8) is 0 Å². The molecule has 1 aliphatic carbocycles. The first kappa shape index (κ1) is 10.0. The summed E-state index contributed by atoms with van der Waals surface area (Å²) in [6.07, 6.45) is 5.58. The van der Waals surface area contributed by atoms with Gasteiger partial charge in [0.1, 0.15) is 0 Å². The molecule has 0 aromatic heterocycles. The van der Waals surface area contributed by atoms with Gasteiger partial charge in [0.2, 0.25) is 0 Å². The Bertz CT molecular complexity index is 427. The van der Waals surface area contributed by atoms with Crippen molar-refractivity contribution in [3.05, 3.63) is 47.6 Å². The van der Waals surface area contributed by atoms with Crippen molar-refractivity contribution in [2.45, 2.75) is 20.3 Å². The Morgan fingerprint density at radius 3 is 2.73 bits per heavy atom. The molecule has 0 spiro atoms. The van der Waals surface area contributed by atoms with Gasteiger partial charge in [-0.2, -0.15) is 0 Å². The predicted molar refractivity (Wildman–Crippen MR) is 66.4 cm³/mol. The first-order valence-corrected chi connectivity index (χ1v) is 5.40. The molecule has 1 aromatic carbocycles. The van der Waals surface area contributed by atoms with Gasteiger partial charge in [0.15, 0.2) is 0 Å². The number of anilines is 1. The molecule has 0 aliphatic heterocycles.